The molecule has 0 radical (unpaired) electrons. The Kier molecular flexibility index (Phi) is 8.96. The third kappa shape index (κ3) is 6.32. The first-order chi connectivity index (χ1) is 23.6. The molecule has 0 bridgehead atoms. The SMILES string of the molecule is COc1ccc(CNc2nccnc2[C@@H](C)N2CCOc3nc(-c4cc(C)c(F)c(C)c4C(F)(F)F)c(F)c4nc(S(C)(=O)=O)nc2c34)cc1. The molecule has 0 saturated heterocycles. The van der Waals surface area contributed by atoms with Gasteiger partial charge >= 0.3 is 6.18 Å². The van der Waals surface area contributed by atoms with Crippen molar-refractivity contribution in [3.8, 4) is 22.9 Å². The summed E-state index contributed by atoms with van der Waals surface area (Å²) in [4.78, 5) is 23.0. The first kappa shape index (κ1) is 34.7. The Morgan fingerprint density at radius 3 is 2.40 bits per heavy atom. The van der Waals surface area contributed by atoms with Crippen LogP contribution in [0.1, 0.15) is 40.9 Å². The Balaban J connectivity index is 1.52. The van der Waals surface area contributed by atoms with Crippen molar-refractivity contribution in [3.63, 3.8) is 0 Å². The van der Waals surface area contributed by atoms with Crippen molar-refractivity contribution in [2.45, 2.75) is 44.7 Å². The number of sulfone groups is 1. The number of hydrogen-bond acceptors (Lipinski definition) is 11. The molecule has 0 amide bonds. The number of pyridine rings is 1. The molecule has 0 aliphatic carbocycles. The van der Waals surface area contributed by atoms with Crippen molar-refractivity contribution in [1.82, 2.24) is 24.9 Å². The van der Waals surface area contributed by atoms with Crippen LogP contribution >= 0.6 is 0 Å². The lowest BCUT2D eigenvalue weighted by Gasteiger charge is -2.30. The fourth-order valence-electron chi connectivity index (χ4n) is 5.86. The molecule has 4 heterocycles. The van der Waals surface area contributed by atoms with Crippen LogP contribution in [0.15, 0.2) is 47.9 Å². The second kappa shape index (κ2) is 12.9. The minimum atomic E-state index is -5.09. The van der Waals surface area contributed by atoms with E-state index in [9.17, 15) is 26.0 Å². The van der Waals surface area contributed by atoms with E-state index in [0.29, 0.717) is 23.8 Å². The number of ether oxygens (including phenoxy) is 2. The zero-order chi connectivity index (χ0) is 36.1. The van der Waals surface area contributed by atoms with Gasteiger partial charge in [-0.25, -0.2) is 37.1 Å². The number of anilines is 2. The first-order valence-electron chi connectivity index (χ1n) is 15.2. The molecule has 1 aliphatic heterocycles. The maximum absolute atomic E-state index is 16.6. The Morgan fingerprint density at radius 2 is 1.74 bits per heavy atom. The molecule has 0 fully saturated rings. The second-order valence-electron chi connectivity index (χ2n) is 11.7. The van der Waals surface area contributed by atoms with E-state index in [4.69, 9.17) is 9.47 Å². The lowest BCUT2D eigenvalue weighted by Crippen LogP contribution is -2.32. The summed E-state index contributed by atoms with van der Waals surface area (Å²) in [5.41, 5.74) is -3.25. The minimum absolute atomic E-state index is 0.0425. The Bertz CT molecular complexity index is 2240. The van der Waals surface area contributed by atoms with Crippen LogP contribution in [0.4, 0.5) is 33.6 Å². The van der Waals surface area contributed by atoms with E-state index in [2.05, 4.69) is 30.2 Å². The maximum Gasteiger partial charge on any atom is 0.417 e. The summed E-state index contributed by atoms with van der Waals surface area (Å²) in [6.45, 7) is 4.22. The molecular formula is C33H30F5N7O4S. The molecule has 5 aromatic rings. The highest BCUT2D eigenvalue weighted by molar-refractivity contribution is 7.90. The van der Waals surface area contributed by atoms with Crippen LogP contribution in [0.3, 0.4) is 0 Å². The van der Waals surface area contributed by atoms with Gasteiger partial charge in [-0.05, 0) is 55.7 Å². The molecule has 0 spiro atoms. The summed E-state index contributed by atoms with van der Waals surface area (Å²) >= 11 is 0. The number of rotatable bonds is 8. The molecule has 0 saturated carbocycles. The van der Waals surface area contributed by atoms with Crippen molar-refractivity contribution in [3.05, 3.63) is 82.3 Å². The predicted molar refractivity (Wildman–Crippen MR) is 174 cm³/mol. The summed E-state index contributed by atoms with van der Waals surface area (Å²) in [7, 11) is -2.63. The Labute approximate surface area is 283 Å². The lowest BCUT2D eigenvalue weighted by molar-refractivity contribution is -0.137. The summed E-state index contributed by atoms with van der Waals surface area (Å²) in [5.74, 6) is -1.80. The fourth-order valence-corrected chi connectivity index (χ4v) is 6.37. The van der Waals surface area contributed by atoms with Gasteiger partial charge in [0.1, 0.15) is 52.1 Å². The van der Waals surface area contributed by atoms with Gasteiger partial charge in [0.05, 0.1) is 25.3 Å². The van der Waals surface area contributed by atoms with Crippen LogP contribution in [0, 0.1) is 25.5 Å². The molecule has 2 aromatic carbocycles. The fraction of sp³-hybridized carbons (Fsp3) is 0.303. The maximum atomic E-state index is 16.6. The number of aromatic nitrogens is 5. The number of nitrogens with zero attached hydrogens (tertiary/aromatic N) is 6. The summed E-state index contributed by atoms with van der Waals surface area (Å²) in [6.07, 6.45) is -1.31. The van der Waals surface area contributed by atoms with Gasteiger partial charge in [0.25, 0.3) is 0 Å². The third-order valence-corrected chi connectivity index (χ3v) is 9.16. The van der Waals surface area contributed by atoms with Gasteiger partial charge in [0, 0.05) is 30.8 Å². The van der Waals surface area contributed by atoms with E-state index in [1.165, 1.54) is 19.3 Å². The summed E-state index contributed by atoms with van der Waals surface area (Å²) in [5, 5.41) is 2.32. The second-order valence-corrected chi connectivity index (χ2v) is 13.6. The molecule has 11 nitrogen and oxygen atoms in total. The smallest absolute Gasteiger partial charge is 0.417 e. The number of halogens is 5. The molecule has 3 aromatic heterocycles. The van der Waals surface area contributed by atoms with E-state index in [1.54, 1.807) is 18.9 Å². The zero-order valence-corrected chi connectivity index (χ0v) is 28.2. The van der Waals surface area contributed by atoms with Gasteiger partial charge in [-0.1, -0.05) is 12.1 Å². The van der Waals surface area contributed by atoms with Crippen LogP contribution in [0.25, 0.3) is 22.2 Å². The largest absolute Gasteiger partial charge is 0.497 e. The van der Waals surface area contributed by atoms with Crippen molar-refractivity contribution in [2.24, 2.45) is 0 Å². The van der Waals surface area contributed by atoms with Crippen molar-refractivity contribution < 1.29 is 39.8 Å². The Hall–Kier alpha value is -5.19. The van der Waals surface area contributed by atoms with Crippen LogP contribution < -0.4 is 19.7 Å². The van der Waals surface area contributed by atoms with Gasteiger partial charge in [-0.15, -0.1) is 0 Å². The number of nitrogens with one attached hydrogen (secondary N) is 1. The van der Waals surface area contributed by atoms with E-state index in [0.717, 1.165) is 24.8 Å². The van der Waals surface area contributed by atoms with Crippen LogP contribution in [0.2, 0.25) is 0 Å². The number of hydrogen-bond donors (Lipinski definition) is 1. The number of alkyl halides is 3. The molecular weight excluding hydrogens is 685 g/mol. The van der Waals surface area contributed by atoms with E-state index >= 15 is 4.39 Å². The van der Waals surface area contributed by atoms with Crippen molar-refractivity contribution >= 4 is 32.4 Å². The van der Waals surface area contributed by atoms with Gasteiger partial charge in [-0.3, -0.25) is 4.98 Å². The lowest BCUT2D eigenvalue weighted by atomic mass is 9.94. The highest BCUT2D eigenvalue weighted by Crippen LogP contribution is 2.45. The predicted octanol–water partition coefficient (Wildman–Crippen LogP) is 6.38. The summed E-state index contributed by atoms with van der Waals surface area (Å²) < 4.78 is 111. The Morgan fingerprint density at radius 1 is 1.04 bits per heavy atom. The van der Waals surface area contributed by atoms with Gasteiger partial charge < -0.3 is 19.7 Å². The van der Waals surface area contributed by atoms with Crippen molar-refractivity contribution in [2.75, 3.05) is 36.7 Å². The zero-order valence-electron chi connectivity index (χ0n) is 27.4. The highest BCUT2D eigenvalue weighted by atomic mass is 32.2. The van der Waals surface area contributed by atoms with E-state index in [1.807, 2.05) is 24.3 Å². The minimum Gasteiger partial charge on any atom is -0.497 e. The number of methoxy groups -OCH3 is 1. The van der Waals surface area contributed by atoms with Gasteiger partial charge in [-0.2, -0.15) is 13.2 Å². The van der Waals surface area contributed by atoms with Gasteiger partial charge in [0.15, 0.2) is 5.82 Å². The number of benzene rings is 2. The molecule has 6 rings (SSSR count). The molecule has 50 heavy (non-hydrogen) atoms. The van der Waals surface area contributed by atoms with Gasteiger partial charge in [0.2, 0.25) is 20.9 Å². The average Bonchev–Trinajstić information content (AvgIpc) is 3.26. The van der Waals surface area contributed by atoms with Crippen molar-refractivity contribution in [1.29, 1.82) is 0 Å². The standard InChI is InChI=1S/C33H30F5N7O4S/c1-16-14-21(23(33(36,37)38)17(2)24(16)34)27-25(35)28-22-30(44-32(43-28)50(5,46)47)45(12-13-49-31(22)42-27)18(3)26-29(40-11-10-39-26)41-15-19-6-8-20(48-4)9-7-19/h6-11,14,18H,12-13,15H2,1-5H3,(H,40,41)/t18-/m1/s1. The molecule has 1 aliphatic rings. The van der Waals surface area contributed by atoms with Crippen LogP contribution in [0.5, 0.6) is 11.6 Å². The topological polar surface area (TPSA) is 132 Å². The van der Waals surface area contributed by atoms with E-state index < -0.39 is 66.7 Å². The van der Waals surface area contributed by atoms with Crippen LogP contribution in [-0.4, -0.2) is 59.9 Å². The summed E-state index contributed by atoms with van der Waals surface area (Å²) in [6, 6.07) is 7.53. The normalized spacial score (nSPS) is 13.9. The molecule has 17 heteroatoms. The van der Waals surface area contributed by atoms with Crippen LogP contribution in [-0.2, 0) is 22.6 Å². The number of aryl methyl sites for hydroxylation is 1. The molecule has 262 valence electrons. The molecule has 0 unspecified atom stereocenters. The highest BCUT2D eigenvalue weighted by Gasteiger charge is 2.40. The first-order valence-corrected chi connectivity index (χ1v) is 17.0. The quantitative estimate of drug-likeness (QED) is 0.142. The van der Waals surface area contributed by atoms with E-state index in [-0.39, 0.29) is 35.8 Å². The third-order valence-electron chi connectivity index (χ3n) is 8.32. The monoisotopic (exact) mass is 715 g/mol. The molecule has 1 N–H and O–H groups in total. The molecule has 1 atom stereocenters. The average molecular weight is 716 g/mol.